The molecule has 3 aromatic rings. The Kier molecular flexibility index (Phi) is 3.97. The fraction of sp³-hybridized carbons (Fsp3) is 0.118. The lowest BCUT2D eigenvalue weighted by molar-refractivity contribution is 0.415. The molecular formula is C17H16N2OS. The first-order valence-electron chi connectivity index (χ1n) is 6.68. The van der Waals surface area contributed by atoms with Crippen molar-refractivity contribution in [2.75, 3.05) is 7.11 Å². The molecule has 0 fully saturated rings. The quantitative estimate of drug-likeness (QED) is 0.768. The molecule has 3 rings (SSSR count). The average molecular weight is 296 g/mol. The van der Waals surface area contributed by atoms with E-state index in [1.165, 1.54) is 10.5 Å². The van der Waals surface area contributed by atoms with E-state index < -0.39 is 0 Å². The van der Waals surface area contributed by atoms with Gasteiger partial charge < -0.3 is 9.72 Å². The fourth-order valence-electron chi connectivity index (χ4n) is 2.04. The molecule has 106 valence electrons. The Morgan fingerprint density at radius 3 is 2.38 bits per heavy atom. The summed E-state index contributed by atoms with van der Waals surface area (Å²) >= 11 is 1.66. The molecule has 0 aliphatic rings. The summed E-state index contributed by atoms with van der Waals surface area (Å²) in [6, 6.07) is 16.4. The molecule has 0 amide bonds. The van der Waals surface area contributed by atoms with E-state index in [4.69, 9.17) is 4.74 Å². The second-order valence-electron chi connectivity index (χ2n) is 4.73. The normalized spacial score (nSPS) is 10.6. The zero-order valence-corrected chi connectivity index (χ0v) is 12.8. The number of imidazole rings is 1. The molecule has 0 unspecified atom stereocenters. The van der Waals surface area contributed by atoms with E-state index in [1.54, 1.807) is 25.2 Å². The van der Waals surface area contributed by atoms with Gasteiger partial charge in [-0.1, -0.05) is 29.5 Å². The lowest BCUT2D eigenvalue weighted by Gasteiger charge is -2.05. The standard InChI is InChI=1S/C17H16N2OS/c1-12-3-9-15(10-4-12)21-17-16(18-11-19-17)13-5-7-14(20-2)8-6-13/h3-11H,1-2H3,(H,18,19). The summed E-state index contributed by atoms with van der Waals surface area (Å²) in [6.45, 7) is 2.09. The van der Waals surface area contributed by atoms with Gasteiger partial charge in [0, 0.05) is 10.5 Å². The summed E-state index contributed by atoms with van der Waals surface area (Å²) in [5, 5.41) is 0.976. The highest BCUT2D eigenvalue weighted by Crippen LogP contribution is 2.34. The van der Waals surface area contributed by atoms with E-state index in [0.29, 0.717) is 0 Å². The zero-order valence-electron chi connectivity index (χ0n) is 12.0. The smallest absolute Gasteiger partial charge is 0.127 e. The van der Waals surface area contributed by atoms with Crippen molar-refractivity contribution in [1.82, 2.24) is 9.97 Å². The van der Waals surface area contributed by atoms with Crippen molar-refractivity contribution in [1.29, 1.82) is 0 Å². The predicted molar refractivity (Wildman–Crippen MR) is 85.9 cm³/mol. The van der Waals surface area contributed by atoms with Crippen LogP contribution in [0.5, 0.6) is 5.75 Å². The van der Waals surface area contributed by atoms with E-state index >= 15 is 0 Å². The topological polar surface area (TPSA) is 37.9 Å². The molecule has 0 saturated carbocycles. The molecular weight excluding hydrogens is 280 g/mol. The highest BCUT2D eigenvalue weighted by atomic mass is 32.2. The lowest BCUT2D eigenvalue weighted by Crippen LogP contribution is -1.84. The van der Waals surface area contributed by atoms with Gasteiger partial charge in [-0.15, -0.1) is 0 Å². The van der Waals surface area contributed by atoms with Crippen molar-refractivity contribution in [3.8, 4) is 17.0 Å². The van der Waals surface area contributed by atoms with Crippen LogP contribution in [0.3, 0.4) is 0 Å². The molecule has 0 bridgehead atoms. The van der Waals surface area contributed by atoms with Crippen LogP contribution >= 0.6 is 11.8 Å². The molecule has 1 N–H and O–H groups in total. The molecule has 1 heterocycles. The Hall–Kier alpha value is -2.20. The van der Waals surface area contributed by atoms with E-state index in [2.05, 4.69) is 41.2 Å². The first-order valence-corrected chi connectivity index (χ1v) is 7.50. The molecule has 0 aliphatic heterocycles. The number of methoxy groups -OCH3 is 1. The Morgan fingerprint density at radius 1 is 1.00 bits per heavy atom. The number of rotatable bonds is 4. The second-order valence-corrected chi connectivity index (χ2v) is 5.79. The van der Waals surface area contributed by atoms with Crippen LogP contribution < -0.4 is 4.74 Å². The van der Waals surface area contributed by atoms with Crippen LogP contribution in [0.15, 0.2) is 64.8 Å². The van der Waals surface area contributed by atoms with Crippen molar-refractivity contribution < 1.29 is 4.74 Å². The highest BCUT2D eigenvalue weighted by molar-refractivity contribution is 7.99. The van der Waals surface area contributed by atoms with Crippen LogP contribution in [0.25, 0.3) is 11.3 Å². The van der Waals surface area contributed by atoms with Crippen LogP contribution in [0.1, 0.15) is 5.56 Å². The van der Waals surface area contributed by atoms with Crippen LogP contribution in [-0.4, -0.2) is 17.1 Å². The molecule has 1 aromatic heterocycles. The van der Waals surface area contributed by atoms with Crippen LogP contribution in [-0.2, 0) is 0 Å². The van der Waals surface area contributed by atoms with Crippen molar-refractivity contribution in [3.05, 3.63) is 60.4 Å². The van der Waals surface area contributed by atoms with Crippen LogP contribution in [0.2, 0.25) is 0 Å². The first kappa shape index (κ1) is 13.8. The molecule has 21 heavy (non-hydrogen) atoms. The number of hydrogen-bond acceptors (Lipinski definition) is 3. The molecule has 4 heteroatoms. The van der Waals surface area contributed by atoms with E-state index in [-0.39, 0.29) is 0 Å². The maximum Gasteiger partial charge on any atom is 0.127 e. The van der Waals surface area contributed by atoms with E-state index in [1.807, 2.05) is 24.3 Å². The summed E-state index contributed by atoms with van der Waals surface area (Å²) in [5.41, 5.74) is 3.39. The number of aryl methyl sites for hydroxylation is 1. The number of ether oxygens (including phenoxy) is 1. The molecule has 0 saturated heterocycles. The molecule has 0 aliphatic carbocycles. The van der Waals surface area contributed by atoms with Crippen molar-refractivity contribution in [2.24, 2.45) is 0 Å². The molecule has 0 radical (unpaired) electrons. The minimum atomic E-state index is 0.853. The Labute approximate surface area is 128 Å². The van der Waals surface area contributed by atoms with Gasteiger partial charge in [0.05, 0.1) is 19.1 Å². The predicted octanol–water partition coefficient (Wildman–Crippen LogP) is 4.54. The Bertz CT molecular complexity index is 717. The average Bonchev–Trinajstić information content (AvgIpc) is 2.98. The third-order valence-corrected chi connectivity index (χ3v) is 4.23. The van der Waals surface area contributed by atoms with Gasteiger partial charge in [0.2, 0.25) is 0 Å². The summed E-state index contributed by atoms with van der Waals surface area (Å²) in [5.74, 6) is 0.853. The maximum absolute atomic E-state index is 5.19. The van der Waals surface area contributed by atoms with Gasteiger partial charge >= 0.3 is 0 Å². The number of aromatic nitrogens is 2. The highest BCUT2D eigenvalue weighted by Gasteiger charge is 2.10. The van der Waals surface area contributed by atoms with Crippen molar-refractivity contribution in [3.63, 3.8) is 0 Å². The zero-order chi connectivity index (χ0) is 14.7. The van der Waals surface area contributed by atoms with Gasteiger partial charge in [0.1, 0.15) is 10.8 Å². The molecule has 0 spiro atoms. The van der Waals surface area contributed by atoms with Gasteiger partial charge in [-0.05, 0) is 43.3 Å². The Morgan fingerprint density at radius 2 is 1.71 bits per heavy atom. The van der Waals surface area contributed by atoms with Gasteiger partial charge in [-0.3, -0.25) is 0 Å². The van der Waals surface area contributed by atoms with Gasteiger partial charge in [0.15, 0.2) is 0 Å². The third kappa shape index (κ3) is 3.11. The third-order valence-electron chi connectivity index (χ3n) is 3.22. The van der Waals surface area contributed by atoms with Crippen LogP contribution in [0, 0.1) is 6.92 Å². The van der Waals surface area contributed by atoms with Gasteiger partial charge in [-0.2, -0.15) is 0 Å². The number of H-pyrrole nitrogens is 1. The molecule has 3 nitrogen and oxygen atoms in total. The number of nitrogens with zero attached hydrogens (tertiary/aromatic N) is 1. The molecule has 0 atom stereocenters. The fourth-order valence-corrected chi connectivity index (χ4v) is 2.92. The lowest BCUT2D eigenvalue weighted by atomic mass is 10.2. The summed E-state index contributed by atoms with van der Waals surface area (Å²) in [4.78, 5) is 8.83. The van der Waals surface area contributed by atoms with E-state index in [9.17, 15) is 0 Å². The number of hydrogen-bond donors (Lipinski definition) is 1. The van der Waals surface area contributed by atoms with E-state index in [0.717, 1.165) is 22.0 Å². The molecule has 2 aromatic carbocycles. The maximum atomic E-state index is 5.19. The summed E-state index contributed by atoms with van der Waals surface area (Å²) in [7, 11) is 1.67. The summed E-state index contributed by atoms with van der Waals surface area (Å²) < 4.78 is 5.19. The number of benzene rings is 2. The first-order chi connectivity index (χ1) is 10.3. The minimum Gasteiger partial charge on any atom is -0.497 e. The van der Waals surface area contributed by atoms with Crippen molar-refractivity contribution >= 4 is 11.8 Å². The monoisotopic (exact) mass is 296 g/mol. The van der Waals surface area contributed by atoms with Gasteiger partial charge in [0.25, 0.3) is 0 Å². The van der Waals surface area contributed by atoms with Crippen LogP contribution in [0.4, 0.5) is 0 Å². The minimum absolute atomic E-state index is 0.853. The number of nitrogens with one attached hydrogen (secondary N) is 1. The Balaban J connectivity index is 1.87. The van der Waals surface area contributed by atoms with Gasteiger partial charge in [-0.25, -0.2) is 4.98 Å². The summed E-state index contributed by atoms with van der Waals surface area (Å²) in [6.07, 6.45) is 1.73. The number of aromatic amines is 1. The SMILES string of the molecule is COc1ccc(-c2[nH]cnc2Sc2ccc(C)cc2)cc1. The largest absolute Gasteiger partial charge is 0.497 e. The second kappa shape index (κ2) is 6.06. The van der Waals surface area contributed by atoms with Crippen molar-refractivity contribution in [2.45, 2.75) is 16.8 Å².